The summed E-state index contributed by atoms with van der Waals surface area (Å²) in [6.07, 6.45) is 4.30. The molecule has 8 heteroatoms. The first kappa shape index (κ1) is 14.7. The molecule has 1 heterocycles. The van der Waals surface area contributed by atoms with Gasteiger partial charge in [0.15, 0.2) is 0 Å². The number of carbonyl (C=O) groups is 2. The highest BCUT2D eigenvalue weighted by Crippen LogP contribution is 2.31. The molecule has 1 aromatic rings. The second-order valence-corrected chi connectivity index (χ2v) is 6.30. The molecule has 110 valence electrons. The number of aryl methyl sites for hydroxylation is 1. The van der Waals surface area contributed by atoms with E-state index in [-0.39, 0.29) is 6.42 Å². The van der Waals surface area contributed by atoms with Crippen molar-refractivity contribution in [2.45, 2.75) is 51.0 Å². The van der Waals surface area contributed by atoms with Crippen LogP contribution in [0.1, 0.15) is 43.5 Å². The minimum atomic E-state index is -0.890. The number of carboxylic acids is 1. The Labute approximate surface area is 120 Å². The van der Waals surface area contributed by atoms with Crippen molar-refractivity contribution >= 4 is 28.5 Å². The average molecular weight is 298 g/mol. The largest absolute Gasteiger partial charge is 0.481 e. The molecular weight excluding hydrogens is 280 g/mol. The summed E-state index contributed by atoms with van der Waals surface area (Å²) in [6.45, 7) is 1.80. The molecule has 1 saturated carbocycles. The van der Waals surface area contributed by atoms with Crippen LogP contribution in [0.15, 0.2) is 0 Å². The van der Waals surface area contributed by atoms with E-state index in [1.807, 2.05) is 0 Å². The van der Waals surface area contributed by atoms with Crippen LogP contribution in [-0.2, 0) is 4.79 Å². The lowest BCUT2D eigenvalue weighted by Gasteiger charge is -2.36. The number of aromatic nitrogens is 2. The van der Waals surface area contributed by atoms with Gasteiger partial charge in [-0.3, -0.25) is 10.1 Å². The van der Waals surface area contributed by atoms with E-state index in [2.05, 4.69) is 20.8 Å². The minimum absolute atomic E-state index is 0.0461. The Hall–Kier alpha value is -1.70. The number of anilines is 1. The fourth-order valence-electron chi connectivity index (χ4n) is 2.58. The Bertz CT molecular complexity index is 497. The predicted molar refractivity (Wildman–Crippen MR) is 74.9 cm³/mol. The van der Waals surface area contributed by atoms with E-state index in [4.69, 9.17) is 5.11 Å². The van der Waals surface area contributed by atoms with Gasteiger partial charge in [0.1, 0.15) is 5.01 Å². The van der Waals surface area contributed by atoms with E-state index < -0.39 is 17.5 Å². The molecule has 2 rings (SSSR count). The summed E-state index contributed by atoms with van der Waals surface area (Å²) in [5.74, 6) is -0.890. The van der Waals surface area contributed by atoms with E-state index in [0.29, 0.717) is 18.0 Å². The van der Waals surface area contributed by atoms with Crippen molar-refractivity contribution in [3.63, 3.8) is 0 Å². The maximum Gasteiger partial charge on any atom is 0.321 e. The highest BCUT2D eigenvalue weighted by atomic mass is 32.1. The number of amides is 2. The lowest BCUT2D eigenvalue weighted by Crippen LogP contribution is -2.52. The lowest BCUT2D eigenvalue weighted by atomic mass is 9.79. The molecule has 2 amide bonds. The second-order valence-electron chi connectivity index (χ2n) is 5.12. The molecule has 0 saturated heterocycles. The summed E-state index contributed by atoms with van der Waals surface area (Å²) >= 11 is 1.28. The van der Waals surface area contributed by atoms with Gasteiger partial charge in [-0.25, -0.2) is 4.79 Å². The Morgan fingerprint density at radius 3 is 2.55 bits per heavy atom. The summed E-state index contributed by atoms with van der Waals surface area (Å²) in [5, 5.41) is 23.3. The number of urea groups is 1. The van der Waals surface area contributed by atoms with Gasteiger partial charge in [-0.2, -0.15) is 0 Å². The maximum atomic E-state index is 12.0. The zero-order valence-electron chi connectivity index (χ0n) is 11.3. The first-order valence-electron chi connectivity index (χ1n) is 6.60. The number of nitrogens with zero attached hydrogens (tertiary/aromatic N) is 2. The van der Waals surface area contributed by atoms with Gasteiger partial charge in [-0.1, -0.05) is 30.6 Å². The second kappa shape index (κ2) is 6.17. The Morgan fingerprint density at radius 1 is 1.30 bits per heavy atom. The standard InChI is InChI=1S/C12H18N4O3S/c1-8-15-16-11(20-8)13-10(19)14-12(7-9(17)18)5-3-2-4-6-12/h2-7H2,1H3,(H,17,18)(H2,13,14,16,19). The van der Waals surface area contributed by atoms with Gasteiger partial charge < -0.3 is 10.4 Å². The molecule has 0 aromatic carbocycles. The quantitative estimate of drug-likeness (QED) is 0.790. The van der Waals surface area contributed by atoms with Gasteiger partial charge in [0.2, 0.25) is 5.13 Å². The number of carboxylic acid groups (broad SMARTS) is 1. The number of hydrogen-bond acceptors (Lipinski definition) is 5. The van der Waals surface area contributed by atoms with E-state index in [0.717, 1.165) is 24.3 Å². The zero-order valence-corrected chi connectivity index (χ0v) is 12.1. The van der Waals surface area contributed by atoms with Crippen molar-refractivity contribution in [2.75, 3.05) is 5.32 Å². The van der Waals surface area contributed by atoms with Crippen molar-refractivity contribution in [3.05, 3.63) is 5.01 Å². The molecular formula is C12H18N4O3S. The molecule has 0 atom stereocenters. The Morgan fingerprint density at radius 2 is 2.00 bits per heavy atom. The summed E-state index contributed by atoms with van der Waals surface area (Å²) in [4.78, 5) is 23.0. The van der Waals surface area contributed by atoms with Crippen molar-refractivity contribution in [2.24, 2.45) is 0 Å². The molecule has 0 bridgehead atoms. The highest BCUT2D eigenvalue weighted by molar-refractivity contribution is 7.15. The first-order valence-corrected chi connectivity index (χ1v) is 7.42. The number of aliphatic carboxylic acids is 1. The van der Waals surface area contributed by atoms with Crippen LogP contribution in [0.3, 0.4) is 0 Å². The lowest BCUT2D eigenvalue weighted by molar-refractivity contribution is -0.138. The summed E-state index contributed by atoms with van der Waals surface area (Å²) in [6, 6.07) is -0.413. The molecule has 1 aliphatic rings. The van der Waals surface area contributed by atoms with E-state index in [1.165, 1.54) is 11.3 Å². The van der Waals surface area contributed by atoms with E-state index in [1.54, 1.807) is 6.92 Å². The van der Waals surface area contributed by atoms with Gasteiger partial charge in [-0.15, -0.1) is 10.2 Å². The van der Waals surface area contributed by atoms with Crippen molar-refractivity contribution in [1.29, 1.82) is 0 Å². The average Bonchev–Trinajstić information content (AvgIpc) is 2.74. The van der Waals surface area contributed by atoms with Crippen molar-refractivity contribution in [3.8, 4) is 0 Å². The monoisotopic (exact) mass is 298 g/mol. The molecule has 0 aliphatic heterocycles. The van der Waals surface area contributed by atoms with Crippen LogP contribution in [0.25, 0.3) is 0 Å². The zero-order chi connectivity index (χ0) is 14.6. The van der Waals surface area contributed by atoms with Crippen LogP contribution >= 0.6 is 11.3 Å². The van der Waals surface area contributed by atoms with Crippen molar-refractivity contribution < 1.29 is 14.7 Å². The number of nitrogens with one attached hydrogen (secondary N) is 2. The fourth-order valence-corrected chi connectivity index (χ4v) is 3.17. The molecule has 20 heavy (non-hydrogen) atoms. The smallest absolute Gasteiger partial charge is 0.321 e. The van der Waals surface area contributed by atoms with Crippen LogP contribution in [0.2, 0.25) is 0 Å². The van der Waals surface area contributed by atoms with E-state index in [9.17, 15) is 9.59 Å². The molecule has 7 nitrogen and oxygen atoms in total. The Balaban J connectivity index is 1.99. The molecule has 3 N–H and O–H groups in total. The molecule has 1 aliphatic carbocycles. The van der Waals surface area contributed by atoms with Crippen LogP contribution in [0.4, 0.5) is 9.93 Å². The third-order valence-electron chi connectivity index (χ3n) is 3.43. The summed E-state index contributed by atoms with van der Waals surface area (Å²) in [7, 11) is 0. The van der Waals surface area contributed by atoms with Gasteiger partial charge in [0, 0.05) is 0 Å². The molecule has 0 radical (unpaired) electrons. The Kier molecular flexibility index (Phi) is 4.53. The number of rotatable bonds is 4. The number of carbonyl (C=O) groups excluding carboxylic acids is 1. The van der Waals surface area contributed by atoms with Crippen LogP contribution < -0.4 is 10.6 Å². The summed E-state index contributed by atoms with van der Waals surface area (Å²) in [5.41, 5.74) is -0.645. The first-order chi connectivity index (χ1) is 9.49. The molecule has 0 spiro atoms. The van der Waals surface area contributed by atoms with Gasteiger partial charge in [0.25, 0.3) is 0 Å². The third-order valence-corrected chi connectivity index (χ3v) is 4.18. The highest BCUT2D eigenvalue weighted by Gasteiger charge is 2.36. The van der Waals surface area contributed by atoms with Gasteiger partial charge in [0.05, 0.1) is 12.0 Å². The fraction of sp³-hybridized carbons (Fsp3) is 0.667. The van der Waals surface area contributed by atoms with E-state index >= 15 is 0 Å². The molecule has 1 fully saturated rings. The SMILES string of the molecule is Cc1nnc(NC(=O)NC2(CC(=O)O)CCCCC2)s1. The predicted octanol–water partition coefficient (Wildman–Crippen LogP) is 2.15. The van der Waals surface area contributed by atoms with Gasteiger partial charge >= 0.3 is 12.0 Å². The summed E-state index contributed by atoms with van der Waals surface area (Å²) < 4.78 is 0. The molecule has 0 unspecified atom stereocenters. The normalized spacial score (nSPS) is 17.4. The number of hydrogen-bond donors (Lipinski definition) is 3. The van der Waals surface area contributed by atoms with Gasteiger partial charge in [-0.05, 0) is 19.8 Å². The van der Waals surface area contributed by atoms with Crippen LogP contribution in [-0.4, -0.2) is 32.8 Å². The topological polar surface area (TPSA) is 104 Å². The maximum absolute atomic E-state index is 12.0. The third kappa shape index (κ3) is 3.89. The van der Waals surface area contributed by atoms with Crippen LogP contribution in [0, 0.1) is 6.92 Å². The minimum Gasteiger partial charge on any atom is -0.481 e. The molecule has 1 aromatic heterocycles. The van der Waals surface area contributed by atoms with Crippen LogP contribution in [0.5, 0.6) is 0 Å². The van der Waals surface area contributed by atoms with Crippen molar-refractivity contribution in [1.82, 2.24) is 15.5 Å².